The third-order valence-electron chi connectivity index (χ3n) is 5.71. The van der Waals surface area contributed by atoms with Gasteiger partial charge in [0.05, 0.1) is 17.3 Å². The highest BCUT2D eigenvalue weighted by Gasteiger charge is 2.54. The number of nitrogens with zero attached hydrogens (tertiary/aromatic N) is 3. The first kappa shape index (κ1) is 28.2. The van der Waals surface area contributed by atoms with Crippen molar-refractivity contribution in [2.75, 3.05) is 24.9 Å². The molecule has 38 heavy (non-hydrogen) atoms. The molecule has 3 aliphatic rings. The second-order valence-corrected chi connectivity index (χ2v) is 12.8. The average molecular weight is 586 g/mol. The third-order valence-corrected chi connectivity index (χ3v) is 9.33. The van der Waals surface area contributed by atoms with Crippen LogP contribution in [0.15, 0.2) is 22.3 Å². The number of carbonyl (C=O) groups excluding carboxylic acids is 4. The predicted octanol–water partition coefficient (Wildman–Crippen LogP) is 1.13. The lowest BCUT2D eigenvalue weighted by molar-refractivity contribution is -0.173. The van der Waals surface area contributed by atoms with Crippen molar-refractivity contribution in [3.8, 4) is 0 Å². The molecule has 2 amide bonds. The normalized spacial score (nSPS) is 25.2. The van der Waals surface area contributed by atoms with Crippen LogP contribution in [0.3, 0.4) is 0 Å². The highest BCUT2D eigenvalue weighted by Crippen LogP contribution is 2.46. The van der Waals surface area contributed by atoms with Crippen LogP contribution in [0.4, 0.5) is 5.13 Å². The largest absolute Gasteiger partial charge is 0.427 e. The molecule has 1 aromatic rings. The minimum atomic E-state index is -0.748. The Hall–Kier alpha value is -2.82. The number of carbonyl (C=O) groups is 4. The van der Waals surface area contributed by atoms with Gasteiger partial charge in [0.1, 0.15) is 28.2 Å². The van der Waals surface area contributed by atoms with E-state index in [0.717, 1.165) is 11.3 Å². The summed E-state index contributed by atoms with van der Waals surface area (Å²) in [5.41, 5.74) is 4.81. The number of esters is 2. The van der Waals surface area contributed by atoms with Crippen molar-refractivity contribution in [3.05, 3.63) is 22.8 Å². The highest BCUT2D eigenvalue weighted by molar-refractivity contribution is 8.05. The molecule has 4 atom stereocenters. The number of nitrogens with two attached hydrogens (primary N) is 1. The number of nitrogen functional groups attached to an aromatic ring is 1. The van der Waals surface area contributed by atoms with Crippen molar-refractivity contribution >= 4 is 69.5 Å². The summed E-state index contributed by atoms with van der Waals surface area (Å²) in [6.07, 6.45) is 1.46. The molecule has 16 heteroatoms. The minimum Gasteiger partial charge on any atom is -0.427 e. The molecule has 0 bridgehead atoms. The summed E-state index contributed by atoms with van der Waals surface area (Å²) in [4.78, 5) is 55.6. The van der Waals surface area contributed by atoms with Crippen LogP contribution in [-0.2, 0) is 33.4 Å². The first-order valence-corrected chi connectivity index (χ1v) is 14.4. The van der Waals surface area contributed by atoms with E-state index in [-0.39, 0.29) is 38.8 Å². The van der Waals surface area contributed by atoms with Crippen LogP contribution in [0.2, 0.25) is 0 Å². The van der Waals surface area contributed by atoms with Crippen LogP contribution in [-0.4, -0.2) is 85.8 Å². The van der Waals surface area contributed by atoms with Gasteiger partial charge < -0.3 is 30.5 Å². The number of thiazole rings is 1. The summed E-state index contributed by atoms with van der Waals surface area (Å²) < 4.78 is 15.7. The van der Waals surface area contributed by atoms with Crippen molar-refractivity contribution in [2.24, 2.45) is 10.6 Å². The van der Waals surface area contributed by atoms with E-state index >= 15 is 0 Å². The maximum atomic E-state index is 13.0. The Labute approximate surface area is 230 Å². The van der Waals surface area contributed by atoms with Gasteiger partial charge in [0.2, 0.25) is 12.7 Å². The van der Waals surface area contributed by atoms with Crippen LogP contribution in [0.25, 0.3) is 0 Å². The molecule has 4 N–H and O–H groups in total. The number of anilines is 1. The third kappa shape index (κ3) is 5.92. The molecular formula is C22H27N5O8S3. The summed E-state index contributed by atoms with van der Waals surface area (Å²) in [6.45, 7) is 4.87. The molecule has 1 aromatic heterocycles. The molecule has 4 heterocycles. The molecule has 0 aromatic carbocycles. The Morgan fingerprint density at radius 3 is 2.79 bits per heavy atom. The van der Waals surface area contributed by atoms with Gasteiger partial charge in [-0.05, 0) is 33.3 Å². The van der Waals surface area contributed by atoms with Crippen molar-refractivity contribution in [2.45, 2.75) is 49.3 Å². The van der Waals surface area contributed by atoms with Gasteiger partial charge in [-0.2, -0.15) is 0 Å². The zero-order valence-corrected chi connectivity index (χ0v) is 23.2. The fourth-order valence-electron chi connectivity index (χ4n) is 3.75. The molecule has 4 rings (SSSR count). The molecule has 206 valence electrons. The van der Waals surface area contributed by atoms with Gasteiger partial charge >= 0.3 is 11.9 Å². The number of ether oxygens (including phenoxy) is 3. The fourth-order valence-corrected chi connectivity index (χ4v) is 7.22. The number of oxime groups is 1. The van der Waals surface area contributed by atoms with Crippen LogP contribution < -0.4 is 11.1 Å². The van der Waals surface area contributed by atoms with E-state index in [4.69, 9.17) is 19.9 Å². The van der Waals surface area contributed by atoms with Crippen LogP contribution >= 0.6 is 34.9 Å². The molecule has 13 nitrogen and oxygen atoms in total. The summed E-state index contributed by atoms with van der Waals surface area (Å²) in [6, 6.07) is 0. The van der Waals surface area contributed by atoms with Crippen LogP contribution in [0, 0.1) is 5.41 Å². The summed E-state index contributed by atoms with van der Waals surface area (Å²) in [5.74, 6) is -1.73. The lowest BCUT2D eigenvalue weighted by atomic mass is 9.98. The predicted molar refractivity (Wildman–Crippen MR) is 140 cm³/mol. The Morgan fingerprint density at radius 2 is 2.13 bits per heavy atom. The standard InChI is InChI=1S/C22H27N5O8S3/c1-22(2,3)20(31)35-9-34-19(30)11-5-7-36-18-14(17(29)27(11)18)38-12-4-6-33-16(12)25-15(28)13(26-32)10-8-37-21(23)24-10/h5,8,12,14,16,18,32H,4,6-7,9H2,1-3H3,(H2,23,24)(H,25,28)/b26-13-. The average Bonchev–Trinajstić information content (AvgIpc) is 3.50. The Balaban J connectivity index is 1.32. The van der Waals surface area contributed by atoms with Crippen molar-refractivity contribution < 1.29 is 38.6 Å². The highest BCUT2D eigenvalue weighted by atomic mass is 32.2. The SMILES string of the molecule is CC(C)(C)C(=O)OCOC(=O)C1=CCSC2C(SC3CCOC3NC(=O)/C(=N\O)c3csc(N)n3)C(=O)N12. The lowest BCUT2D eigenvalue weighted by Crippen LogP contribution is -2.63. The first-order chi connectivity index (χ1) is 18.0. The number of nitrogens with one attached hydrogen (secondary N) is 1. The quantitative estimate of drug-likeness (QED) is 0.0989. The van der Waals surface area contributed by atoms with E-state index in [0.29, 0.717) is 18.8 Å². The lowest BCUT2D eigenvalue weighted by Gasteiger charge is -2.49. The smallest absolute Gasteiger partial charge is 0.357 e. The number of amides is 2. The Morgan fingerprint density at radius 1 is 1.37 bits per heavy atom. The number of rotatable bonds is 8. The van der Waals surface area contributed by atoms with Gasteiger partial charge in [0.15, 0.2) is 10.8 Å². The first-order valence-electron chi connectivity index (χ1n) is 11.5. The maximum Gasteiger partial charge on any atom is 0.357 e. The number of thioether (sulfide) groups is 2. The van der Waals surface area contributed by atoms with Gasteiger partial charge in [0.25, 0.3) is 5.91 Å². The van der Waals surface area contributed by atoms with Gasteiger partial charge in [-0.1, -0.05) is 5.16 Å². The van der Waals surface area contributed by atoms with Crippen molar-refractivity contribution in [3.63, 3.8) is 0 Å². The zero-order valence-electron chi connectivity index (χ0n) is 20.7. The van der Waals surface area contributed by atoms with E-state index in [2.05, 4.69) is 15.5 Å². The van der Waals surface area contributed by atoms with Crippen LogP contribution in [0.5, 0.6) is 0 Å². The van der Waals surface area contributed by atoms with E-state index in [9.17, 15) is 24.4 Å². The van der Waals surface area contributed by atoms with Crippen molar-refractivity contribution in [1.82, 2.24) is 15.2 Å². The number of aromatic nitrogens is 1. The molecule has 0 saturated carbocycles. The van der Waals surface area contributed by atoms with Gasteiger partial charge in [-0.3, -0.25) is 19.3 Å². The molecule has 2 saturated heterocycles. The second-order valence-electron chi connectivity index (χ2n) is 9.42. The Kier molecular flexibility index (Phi) is 8.54. The molecule has 3 aliphatic heterocycles. The van der Waals surface area contributed by atoms with Gasteiger partial charge in [-0.25, -0.2) is 9.78 Å². The minimum absolute atomic E-state index is 0.112. The van der Waals surface area contributed by atoms with Crippen molar-refractivity contribution in [1.29, 1.82) is 0 Å². The number of β-lactam (4-membered cyclic amide) rings is 1. The number of hydrogen-bond acceptors (Lipinski definition) is 14. The monoisotopic (exact) mass is 585 g/mol. The fraction of sp³-hybridized carbons (Fsp3) is 0.545. The second kappa shape index (κ2) is 11.5. The molecular weight excluding hydrogens is 558 g/mol. The topological polar surface area (TPSA) is 183 Å². The Bertz CT molecular complexity index is 1180. The maximum absolute atomic E-state index is 13.0. The van der Waals surface area contributed by atoms with E-state index in [1.165, 1.54) is 33.8 Å². The van der Waals surface area contributed by atoms with E-state index in [1.807, 2.05) is 0 Å². The van der Waals surface area contributed by atoms with E-state index < -0.39 is 41.5 Å². The molecule has 0 spiro atoms. The summed E-state index contributed by atoms with van der Waals surface area (Å²) >= 11 is 3.96. The molecule has 0 radical (unpaired) electrons. The van der Waals surface area contributed by atoms with Crippen LogP contribution in [0.1, 0.15) is 32.9 Å². The molecule has 0 aliphatic carbocycles. The molecule has 2 fully saturated rings. The summed E-state index contributed by atoms with van der Waals surface area (Å²) in [5, 5.41) is 15.8. The number of hydrogen-bond donors (Lipinski definition) is 3. The van der Waals surface area contributed by atoms with Gasteiger partial charge in [-0.15, -0.1) is 34.9 Å². The zero-order chi connectivity index (χ0) is 27.6. The van der Waals surface area contributed by atoms with E-state index in [1.54, 1.807) is 26.8 Å². The van der Waals surface area contributed by atoms with Gasteiger partial charge in [0, 0.05) is 11.1 Å². The summed E-state index contributed by atoms with van der Waals surface area (Å²) in [7, 11) is 0. The molecule has 4 unspecified atom stereocenters. The number of fused-ring (bicyclic) bond motifs is 1.